The third-order valence-corrected chi connectivity index (χ3v) is 5.35. The first-order valence-corrected chi connectivity index (χ1v) is 7.68. The predicted molar refractivity (Wildman–Crippen MR) is 69.2 cm³/mol. The second-order valence-corrected chi connectivity index (χ2v) is 6.50. The summed E-state index contributed by atoms with van der Waals surface area (Å²) in [6.07, 6.45) is 4.90. The average Bonchev–Trinajstić information content (AvgIpc) is 2.62. The van der Waals surface area contributed by atoms with Crippen molar-refractivity contribution in [1.29, 1.82) is 0 Å². The number of nitrogens with zero attached hydrogens (tertiary/aromatic N) is 1. The number of carbonyl (C=O) groups is 1. The number of likely N-dealkylation sites (tertiary alicyclic amines) is 1. The van der Waals surface area contributed by atoms with Gasteiger partial charge < -0.3 is 10.0 Å². The summed E-state index contributed by atoms with van der Waals surface area (Å²) in [6, 6.07) is 0. The molecule has 0 spiro atoms. The van der Waals surface area contributed by atoms with E-state index < -0.39 is 6.23 Å². The summed E-state index contributed by atoms with van der Waals surface area (Å²) in [6.45, 7) is 0.657. The summed E-state index contributed by atoms with van der Waals surface area (Å²) in [4.78, 5) is 13.0. The highest BCUT2D eigenvalue weighted by Gasteiger charge is 2.28. The van der Waals surface area contributed by atoms with Crippen LogP contribution in [0.5, 0.6) is 0 Å². The normalized spacial score (nSPS) is 26.3. The number of amides is 1. The molecule has 0 aromatic rings. The minimum Gasteiger partial charge on any atom is -0.374 e. The fourth-order valence-electron chi connectivity index (χ4n) is 1.88. The van der Waals surface area contributed by atoms with E-state index in [9.17, 15) is 9.90 Å². The molecular formula is C11H17NO2S2. The van der Waals surface area contributed by atoms with Gasteiger partial charge in [-0.15, -0.1) is 23.5 Å². The molecule has 0 aromatic carbocycles. The van der Waals surface area contributed by atoms with Crippen LogP contribution in [0.25, 0.3) is 0 Å². The van der Waals surface area contributed by atoms with Crippen LogP contribution in [0.4, 0.5) is 0 Å². The molecule has 16 heavy (non-hydrogen) atoms. The van der Waals surface area contributed by atoms with E-state index >= 15 is 0 Å². The zero-order chi connectivity index (χ0) is 11.4. The number of thioether (sulfide) groups is 2. The molecule has 1 amide bonds. The van der Waals surface area contributed by atoms with Crippen LogP contribution in [-0.2, 0) is 4.79 Å². The highest BCUT2D eigenvalue weighted by atomic mass is 32.2. The Morgan fingerprint density at radius 1 is 1.44 bits per heavy atom. The lowest BCUT2D eigenvalue weighted by Crippen LogP contribution is -2.33. The monoisotopic (exact) mass is 259 g/mol. The van der Waals surface area contributed by atoms with Gasteiger partial charge in [0.05, 0.1) is 0 Å². The van der Waals surface area contributed by atoms with Crippen molar-refractivity contribution in [3.05, 3.63) is 10.3 Å². The van der Waals surface area contributed by atoms with Crippen LogP contribution >= 0.6 is 23.5 Å². The van der Waals surface area contributed by atoms with E-state index in [0.717, 1.165) is 6.42 Å². The lowest BCUT2D eigenvalue weighted by molar-refractivity contribution is -0.133. The van der Waals surface area contributed by atoms with E-state index in [1.54, 1.807) is 4.90 Å². The van der Waals surface area contributed by atoms with Gasteiger partial charge in [-0.2, -0.15) is 0 Å². The van der Waals surface area contributed by atoms with Crippen molar-refractivity contribution in [3.8, 4) is 0 Å². The standard InChI is InChI=1S/C11H17NO2S2/c13-9-4-5-10(14)12(9)6-1-3-11-15-7-2-8-16-11/h3,9,13H,1-2,4-8H2. The zero-order valence-corrected chi connectivity index (χ0v) is 10.9. The first-order chi connectivity index (χ1) is 7.77. The maximum absolute atomic E-state index is 11.4. The molecule has 2 aliphatic rings. The van der Waals surface area contributed by atoms with Gasteiger partial charge in [0.2, 0.25) is 5.91 Å². The van der Waals surface area contributed by atoms with Gasteiger partial charge in [0, 0.05) is 23.6 Å². The minimum atomic E-state index is -0.544. The molecule has 3 nitrogen and oxygen atoms in total. The third kappa shape index (κ3) is 3.18. The largest absolute Gasteiger partial charge is 0.374 e. The molecule has 0 saturated carbocycles. The van der Waals surface area contributed by atoms with Crippen molar-refractivity contribution in [2.45, 2.75) is 31.9 Å². The summed E-state index contributed by atoms with van der Waals surface area (Å²) in [7, 11) is 0. The number of carbonyl (C=O) groups excluding carboxylic acids is 1. The van der Waals surface area contributed by atoms with Crippen LogP contribution < -0.4 is 0 Å². The van der Waals surface area contributed by atoms with Crippen molar-refractivity contribution in [2.75, 3.05) is 18.1 Å². The van der Waals surface area contributed by atoms with Gasteiger partial charge in [-0.1, -0.05) is 6.08 Å². The lowest BCUT2D eigenvalue weighted by Gasteiger charge is -2.20. The van der Waals surface area contributed by atoms with Crippen molar-refractivity contribution in [3.63, 3.8) is 0 Å². The molecule has 0 aromatic heterocycles. The van der Waals surface area contributed by atoms with E-state index in [4.69, 9.17) is 0 Å². The predicted octanol–water partition coefficient (Wildman–Crippen LogP) is 2.03. The molecule has 1 atom stereocenters. The van der Waals surface area contributed by atoms with Gasteiger partial charge in [0.25, 0.3) is 0 Å². The number of aliphatic hydroxyl groups excluding tert-OH is 1. The molecule has 2 saturated heterocycles. The summed E-state index contributed by atoms with van der Waals surface area (Å²) in [5.74, 6) is 2.52. The van der Waals surface area contributed by atoms with E-state index in [2.05, 4.69) is 6.08 Å². The number of hydrogen-bond acceptors (Lipinski definition) is 4. The molecule has 0 bridgehead atoms. The van der Waals surface area contributed by atoms with Crippen molar-refractivity contribution in [1.82, 2.24) is 4.90 Å². The van der Waals surface area contributed by atoms with Gasteiger partial charge in [-0.3, -0.25) is 4.79 Å². The van der Waals surface area contributed by atoms with E-state index in [-0.39, 0.29) is 5.91 Å². The molecule has 2 rings (SSSR count). The van der Waals surface area contributed by atoms with Gasteiger partial charge >= 0.3 is 0 Å². The minimum absolute atomic E-state index is 0.0925. The molecule has 5 heteroatoms. The molecule has 1 unspecified atom stereocenters. The Morgan fingerprint density at radius 2 is 2.19 bits per heavy atom. The SMILES string of the molecule is O=C1CCC(O)N1CCC=C1SCCCS1. The Labute approximate surface area is 105 Å². The topological polar surface area (TPSA) is 40.5 Å². The molecule has 2 heterocycles. The molecule has 0 aliphatic carbocycles. The quantitative estimate of drug-likeness (QED) is 0.842. The molecule has 2 fully saturated rings. The van der Waals surface area contributed by atoms with Crippen molar-refractivity contribution < 1.29 is 9.90 Å². The van der Waals surface area contributed by atoms with Crippen LogP contribution in [0, 0.1) is 0 Å². The second-order valence-electron chi connectivity index (χ2n) is 3.97. The first kappa shape index (κ1) is 12.3. The summed E-state index contributed by atoms with van der Waals surface area (Å²) >= 11 is 3.81. The van der Waals surface area contributed by atoms with Gasteiger partial charge in [-0.05, 0) is 24.3 Å². The van der Waals surface area contributed by atoms with Gasteiger partial charge in [0.15, 0.2) is 0 Å². The molecule has 1 N–H and O–H groups in total. The fraction of sp³-hybridized carbons (Fsp3) is 0.727. The lowest BCUT2D eigenvalue weighted by atomic mass is 10.3. The zero-order valence-electron chi connectivity index (χ0n) is 9.22. The van der Waals surface area contributed by atoms with Crippen LogP contribution in [0.1, 0.15) is 25.7 Å². The van der Waals surface area contributed by atoms with Crippen molar-refractivity contribution in [2.24, 2.45) is 0 Å². The highest BCUT2D eigenvalue weighted by Crippen LogP contribution is 2.34. The fourth-order valence-corrected chi connectivity index (χ4v) is 4.34. The molecule has 2 aliphatic heterocycles. The Kier molecular flexibility index (Phi) is 4.61. The van der Waals surface area contributed by atoms with Crippen LogP contribution in [0.15, 0.2) is 10.3 Å². The van der Waals surface area contributed by atoms with Crippen LogP contribution in [-0.4, -0.2) is 40.2 Å². The summed E-state index contributed by atoms with van der Waals surface area (Å²) < 4.78 is 1.38. The number of hydrogen-bond donors (Lipinski definition) is 1. The molecule has 90 valence electrons. The van der Waals surface area contributed by atoms with E-state index in [0.29, 0.717) is 19.4 Å². The van der Waals surface area contributed by atoms with Crippen molar-refractivity contribution >= 4 is 29.4 Å². The Bertz CT molecular complexity index is 286. The Hall–Kier alpha value is -0.130. The first-order valence-electron chi connectivity index (χ1n) is 5.70. The van der Waals surface area contributed by atoms with E-state index in [1.165, 1.54) is 22.2 Å². The van der Waals surface area contributed by atoms with Crippen LogP contribution in [0.3, 0.4) is 0 Å². The third-order valence-electron chi connectivity index (χ3n) is 2.75. The Morgan fingerprint density at radius 3 is 2.81 bits per heavy atom. The average molecular weight is 259 g/mol. The maximum atomic E-state index is 11.4. The highest BCUT2D eigenvalue weighted by molar-refractivity contribution is 8.22. The number of rotatable bonds is 3. The van der Waals surface area contributed by atoms with Gasteiger partial charge in [0.1, 0.15) is 6.23 Å². The smallest absolute Gasteiger partial charge is 0.224 e. The molecule has 0 radical (unpaired) electrons. The molecular weight excluding hydrogens is 242 g/mol. The Balaban J connectivity index is 1.76. The second kappa shape index (κ2) is 5.98. The summed E-state index contributed by atoms with van der Waals surface area (Å²) in [5.41, 5.74) is 0. The van der Waals surface area contributed by atoms with Crippen LogP contribution in [0.2, 0.25) is 0 Å². The van der Waals surface area contributed by atoms with Gasteiger partial charge in [-0.25, -0.2) is 0 Å². The summed E-state index contributed by atoms with van der Waals surface area (Å²) in [5, 5.41) is 9.57. The number of aliphatic hydroxyl groups is 1. The van der Waals surface area contributed by atoms with E-state index in [1.807, 2.05) is 23.5 Å². The maximum Gasteiger partial charge on any atom is 0.224 e.